The number of carbonyl (C=O) groups excluding carboxylic acids is 1. The fraction of sp³-hybridized carbons (Fsp3) is 0.545. The average Bonchev–Trinajstić information content (AvgIpc) is 2.96. The van der Waals surface area contributed by atoms with E-state index in [0.29, 0.717) is 12.5 Å². The van der Waals surface area contributed by atoms with Gasteiger partial charge in [-0.05, 0) is 42.8 Å². The fourth-order valence-electron chi connectivity index (χ4n) is 1.60. The van der Waals surface area contributed by atoms with Crippen LogP contribution >= 0.6 is 11.3 Å². The van der Waals surface area contributed by atoms with Crippen molar-refractivity contribution >= 4 is 17.2 Å². The SMILES string of the molecule is CNCCNC(=O)c1sccc1C1CC1. The van der Waals surface area contributed by atoms with E-state index in [1.807, 2.05) is 12.4 Å². The number of hydrogen-bond donors (Lipinski definition) is 2. The molecule has 1 aromatic rings. The molecule has 1 heterocycles. The Morgan fingerprint density at radius 1 is 1.53 bits per heavy atom. The number of hydrogen-bond acceptors (Lipinski definition) is 3. The lowest BCUT2D eigenvalue weighted by atomic mass is 10.1. The molecule has 0 radical (unpaired) electrons. The quantitative estimate of drug-likeness (QED) is 0.745. The number of nitrogens with one attached hydrogen (secondary N) is 2. The van der Waals surface area contributed by atoms with Gasteiger partial charge in [-0.25, -0.2) is 0 Å². The van der Waals surface area contributed by atoms with Crippen molar-refractivity contribution in [3.8, 4) is 0 Å². The smallest absolute Gasteiger partial charge is 0.261 e. The molecule has 1 saturated carbocycles. The predicted molar refractivity (Wildman–Crippen MR) is 62.6 cm³/mol. The van der Waals surface area contributed by atoms with E-state index in [0.717, 1.165) is 11.4 Å². The maximum absolute atomic E-state index is 11.8. The minimum atomic E-state index is 0.0853. The van der Waals surface area contributed by atoms with Crippen molar-refractivity contribution in [2.45, 2.75) is 18.8 Å². The molecular formula is C11H16N2OS. The summed E-state index contributed by atoms with van der Waals surface area (Å²) in [6, 6.07) is 2.09. The van der Waals surface area contributed by atoms with Gasteiger partial charge in [-0.3, -0.25) is 4.79 Å². The summed E-state index contributed by atoms with van der Waals surface area (Å²) in [5, 5.41) is 7.94. The van der Waals surface area contributed by atoms with Crippen LogP contribution < -0.4 is 10.6 Å². The third-order valence-electron chi connectivity index (χ3n) is 2.58. The minimum absolute atomic E-state index is 0.0853. The summed E-state index contributed by atoms with van der Waals surface area (Å²) in [6.45, 7) is 1.51. The lowest BCUT2D eigenvalue weighted by Crippen LogP contribution is -2.30. The van der Waals surface area contributed by atoms with E-state index >= 15 is 0 Å². The van der Waals surface area contributed by atoms with Crippen LogP contribution in [-0.2, 0) is 0 Å². The van der Waals surface area contributed by atoms with Crippen molar-refractivity contribution in [3.05, 3.63) is 21.9 Å². The van der Waals surface area contributed by atoms with Crippen molar-refractivity contribution in [2.24, 2.45) is 0 Å². The monoisotopic (exact) mass is 224 g/mol. The Morgan fingerprint density at radius 2 is 2.33 bits per heavy atom. The molecular weight excluding hydrogens is 208 g/mol. The van der Waals surface area contributed by atoms with E-state index in [-0.39, 0.29) is 5.91 Å². The molecule has 4 heteroatoms. The third-order valence-corrected chi connectivity index (χ3v) is 3.51. The van der Waals surface area contributed by atoms with E-state index in [4.69, 9.17) is 0 Å². The molecule has 82 valence electrons. The van der Waals surface area contributed by atoms with Gasteiger partial charge >= 0.3 is 0 Å². The molecule has 0 unspecified atom stereocenters. The molecule has 1 aliphatic rings. The summed E-state index contributed by atoms with van der Waals surface area (Å²) in [6.07, 6.45) is 2.49. The lowest BCUT2D eigenvalue weighted by molar-refractivity contribution is 0.0957. The molecule has 2 N–H and O–H groups in total. The summed E-state index contributed by atoms with van der Waals surface area (Å²) in [5.74, 6) is 0.739. The minimum Gasteiger partial charge on any atom is -0.350 e. The zero-order chi connectivity index (χ0) is 10.7. The number of thiophene rings is 1. The van der Waals surface area contributed by atoms with Crippen LogP contribution in [0.25, 0.3) is 0 Å². The average molecular weight is 224 g/mol. The number of rotatable bonds is 5. The zero-order valence-electron chi connectivity index (χ0n) is 8.88. The Bertz CT molecular complexity index is 344. The van der Waals surface area contributed by atoms with E-state index in [1.165, 1.54) is 18.4 Å². The second-order valence-electron chi connectivity index (χ2n) is 3.84. The first-order chi connectivity index (χ1) is 7.33. The largest absolute Gasteiger partial charge is 0.350 e. The van der Waals surface area contributed by atoms with Crippen LogP contribution in [0, 0.1) is 0 Å². The fourth-order valence-corrected chi connectivity index (χ4v) is 2.50. The van der Waals surface area contributed by atoms with Gasteiger partial charge in [0, 0.05) is 13.1 Å². The molecule has 1 aliphatic carbocycles. The molecule has 1 aromatic heterocycles. The van der Waals surface area contributed by atoms with Gasteiger partial charge in [0.05, 0.1) is 4.88 Å². The summed E-state index contributed by atoms with van der Waals surface area (Å²) in [5.41, 5.74) is 1.25. The molecule has 0 aromatic carbocycles. The summed E-state index contributed by atoms with van der Waals surface area (Å²) in [7, 11) is 1.88. The number of likely N-dealkylation sites (N-methyl/N-ethyl adjacent to an activating group) is 1. The maximum Gasteiger partial charge on any atom is 0.261 e. The van der Waals surface area contributed by atoms with Gasteiger partial charge in [0.2, 0.25) is 0 Å². The zero-order valence-corrected chi connectivity index (χ0v) is 9.69. The van der Waals surface area contributed by atoms with E-state index < -0.39 is 0 Å². The Morgan fingerprint density at radius 3 is 3.00 bits per heavy atom. The highest BCUT2D eigenvalue weighted by molar-refractivity contribution is 7.12. The second-order valence-corrected chi connectivity index (χ2v) is 4.75. The van der Waals surface area contributed by atoms with Crippen LogP contribution in [0.3, 0.4) is 0 Å². The van der Waals surface area contributed by atoms with Crippen LogP contribution in [0.15, 0.2) is 11.4 Å². The van der Waals surface area contributed by atoms with Crippen LogP contribution in [0.4, 0.5) is 0 Å². The number of carbonyl (C=O) groups is 1. The van der Waals surface area contributed by atoms with Crippen molar-refractivity contribution in [1.82, 2.24) is 10.6 Å². The van der Waals surface area contributed by atoms with Crippen LogP contribution in [-0.4, -0.2) is 26.0 Å². The highest BCUT2D eigenvalue weighted by Gasteiger charge is 2.28. The lowest BCUT2D eigenvalue weighted by Gasteiger charge is -2.04. The van der Waals surface area contributed by atoms with Crippen LogP contribution in [0.5, 0.6) is 0 Å². The molecule has 0 bridgehead atoms. The Balaban J connectivity index is 1.95. The number of amides is 1. The summed E-state index contributed by atoms with van der Waals surface area (Å²) < 4.78 is 0. The third kappa shape index (κ3) is 2.58. The van der Waals surface area contributed by atoms with Crippen molar-refractivity contribution in [3.63, 3.8) is 0 Å². The molecule has 3 nitrogen and oxygen atoms in total. The Kier molecular flexibility index (Phi) is 3.38. The van der Waals surface area contributed by atoms with Gasteiger partial charge < -0.3 is 10.6 Å². The first-order valence-corrected chi connectivity index (χ1v) is 6.21. The van der Waals surface area contributed by atoms with Gasteiger partial charge in [0.25, 0.3) is 5.91 Å². The van der Waals surface area contributed by atoms with Gasteiger partial charge in [0.1, 0.15) is 0 Å². The van der Waals surface area contributed by atoms with Crippen molar-refractivity contribution < 1.29 is 4.79 Å². The topological polar surface area (TPSA) is 41.1 Å². The first kappa shape index (κ1) is 10.6. The van der Waals surface area contributed by atoms with Crippen molar-refractivity contribution in [2.75, 3.05) is 20.1 Å². The maximum atomic E-state index is 11.8. The summed E-state index contributed by atoms with van der Waals surface area (Å²) in [4.78, 5) is 12.7. The van der Waals surface area contributed by atoms with Gasteiger partial charge in [-0.1, -0.05) is 0 Å². The van der Waals surface area contributed by atoms with Crippen molar-refractivity contribution in [1.29, 1.82) is 0 Å². The first-order valence-electron chi connectivity index (χ1n) is 5.33. The molecule has 15 heavy (non-hydrogen) atoms. The van der Waals surface area contributed by atoms with Gasteiger partial charge in [0.15, 0.2) is 0 Å². The van der Waals surface area contributed by atoms with Gasteiger partial charge in [-0.15, -0.1) is 11.3 Å². The van der Waals surface area contributed by atoms with E-state index in [9.17, 15) is 4.79 Å². The van der Waals surface area contributed by atoms with Crippen LogP contribution in [0.1, 0.15) is 34.0 Å². The molecule has 0 saturated heterocycles. The molecule has 1 fully saturated rings. The van der Waals surface area contributed by atoms with Crippen LogP contribution in [0.2, 0.25) is 0 Å². The highest BCUT2D eigenvalue weighted by Crippen LogP contribution is 2.43. The molecule has 1 amide bonds. The van der Waals surface area contributed by atoms with E-state index in [1.54, 1.807) is 11.3 Å². The summed E-state index contributed by atoms with van der Waals surface area (Å²) >= 11 is 1.55. The molecule has 2 rings (SSSR count). The highest BCUT2D eigenvalue weighted by atomic mass is 32.1. The Labute approximate surface area is 93.9 Å². The molecule has 0 atom stereocenters. The van der Waals surface area contributed by atoms with Gasteiger partial charge in [-0.2, -0.15) is 0 Å². The predicted octanol–water partition coefficient (Wildman–Crippen LogP) is 1.57. The standard InChI is InChI=1S/C11H16N2OS/c1-12-5-6-13-11(14)10-9(4-7-15-10)8-2-3-8/h4,7-8,12H,2-3,5-6H2,1H3,(H,13,14). The normalized spacial score (nSPS) is 15.3. The molecule has 0 spiro atoms. The second kappa shape index (κ2) is 4.77. The molecule has 0 aliphatic heterocycles. The van der Waals surface area contributed by atoms with E-state index in [2.05, 4.69) is 16.7 Å². The Hall–Kier alpha value is -0.870.